The van der Waals surface area contributed by atoms with E-state index in [4.69, 9.17) is 16.1 Å². The van der Waals surface area contributed by atoms with Crippen LogP contribution in [-0.2, 0) is 17.8 Å². The summed E-state index contributed by atoms with van der Waals surface area (Å²) in [6, 6.07) is 13.4. The van der Waals surface area contributed by atoms with E-state index in [2.05, 4.69) is 10.1 Å². The molecule has 0 saturated carbocycles. The maximum Gasteiger partial charge on any atom is 0.227 e. The third-order valence-corrected chi connectivity index (χ3v) is 4.72. The van der Waals surface area contributed by atoms with E-state index in [-0.39, 0.29) is 5.91 Å². The van der Waals surface area contributed by atoms with Crippen LogP contribution in [0.15, 0.2) is 47.0 Å². The van der Waals surface area contributed by atoms with Crippen LogP contribution in [0.5, 0.6) is 0 Å². The molecule has 0 atom stereocenters. The summed E-state index contributed by atoms with van der Waals surface area (Å²) >= 11 is 7.38. The van der Waals surface area contributed by atoms with Crippen LogP contribution in [0.1, 0.15) is 17.2 Å². The van der Waals surface area contributed by atoms with Crippen molar-refractivity contribution >= 4 is 28.8 Å². The molecule has 0 bridgehead atoms. The molecule has 1 aromatic carbocycles. The molecular weight excluding hydrogens is 346 g/mol. The van der Waals surface area contributed by atoms with Crippen molar-refractivity contribution < 1.29 is 9.32 Å². The summed E-state index contributed by atoms with van der Waals surface area (Å²) in [7, 11) is 1.78. The lowest BCUT2D eigenvalue weighted by molar-refractivity contribution is -0.130. The van der Waals surface area contributed by atoms with Crippen LogP contribution in [0.4, 0.5) is 0 Å². The molecule has 5 nitrogen and oxygen atoms in total. The van der Waals surface area contributed by atoms with E-state index in [1.54, 1.807) is 11.9 Å². The lowest BCUT2D eigenvalue weighted by Gasteiger charge is -2.15. The van der Waals surface area contributed by atoms with Crippen LogP contribution in [0.3, 0.4) is 0 Å². The molecule has 0 aliphatic carbocycles. The van der Waals surface area contributed by atoms with Crippen LogP contribution < -0.4 is 0 Å². The maximum atomic E-state index is 12.2. The van der Waals surface area contributed by atoms with E-state index < -0.39 is 0 Å². The van der Waals surface area contributed by atoms with Crippen molar-refractivity contribution in [3.63, 3.8) is 0 Å². The van der Waals surface area contributed by atoms with Gasteiger partial charge < -0.3 is 9.42 Å². The second-order valence-electron chi connectivity index (χ2n) is 5.33. The number of halogens is 1. The van der Waals surface area contributed by atoms with Gasteiger partial charge in [-0.2, -0.15) is 4.98 Å². The van der Waals surface area contributed by atoms with Gasteiger partial charge in [-0.05, 0) is 12.1 Å². The number of aromatic nitrogens is 2. The molecule has 3 rings (SSSR count). The molecule has 7 heteroatoms. The number of benzene rings is 1. The van der Waals surface area contributed by atoms with E-state index in [0.717, 1.165) is 14.8 Å². The van der Waals surface area contributed by atoms with Gasteiger partial charge in [-0.1, -0.05) is 47.1 Å². The Morgan fingerprint density at radius 2 is 2.04 bits per heavy atom. The third-order valence-electron chi connectivity index (χ3n) is 3.50. The molecule has 0 aliphatic rings. The third kappa shape index (κ3) is 4.21. The van der Waals surface area contributed by atoms with Gasteiger partial charge in [0.15, 0.2) is 0 Å². The fourth-order valence-corrected chi connectivity index (χ4v) is 3.37. The molecule has 0 N–H and O–H groups in total. The summed E-state index contributed by atoms with van der Waals surface area (Å²) in [5, 5.41) is 3.96. The zero-order chi connectivity index (χ0) is 16.9. The molecule has 0 radical (unpaired) electrons. The molecule has 24 heavy (non-hydrogen) atoms. The van der Waals surface area contributed by atoms with Gasteiger partial charge in [0.2, 0.25) is 17.6 Å². The number of carbonyl (C=O) groups is 1. The van der Waals surface area contributed by atoms with E-state index in [0.29, 0.717) is 31.1 Å². The molecule has 0 spiro atoms. The molecule has 0 unspecified atom stereocenters. The van der Waals surface area contributed by atoms with E-state index in [1.807, 2.05) is 42.5 Å². The van der Waals surface area contributed by atoms with Crippen molar-refractivity contribution in [2.24, 2.45) is 0 Å². The molecule has 1 amide bonds. The highest BCUT2D eigenvalue weighted by atomic mass is 35.5. The summed E-state index contributed by atoms with van der Waals surface area (Å²) in [6.45, 7) is 0.551. The zero-order valence-corrected chi connectivity index (χ0v) is 14.7. The van der Waals surface area contributed by atoms with E-state index in [9.17, 15) is 4.79 Å². The number of hydrogen-bond acceptors (Lipinski definition) is 5. The van der Waals surface area contributed by atoms with E-state index >= 15 is 0 Å². The lowest BCUT2D eigenvalue weighted by atomic mass is 10.2. The fraction of sp³-hybridized carbons (Fsp3) is 0.235. The van der Waals surface area contributed by atoms with Crippen molar-refractivity contribution in [1.29, 1.82) is 0 Å². The van der Waals surface area contributed by atoms with Gasteiger partial charge in [-0.3, -0.25) is 4.79 Å². The Bertz CT molecular complexity index is 816. The Balaban J connectivity index is 1.53. The van der Waals surface area contributed by atoms with Gasteiger partial charge in [0.25, 0.3) is 0 Å². The van der Waals surface area contributed by atoms with Crippen LogP contribution in [0, 0.1) is 0 Å². The molecule has 2 heterocycles. The average molecular weight is 362 g/mol. The number of thiophene rings is 1. The molecule has 3 aromatic rings. The Morgan fingerprint density at radius 3 is 2.75 bits per heavy atom. The lowest BCUT2D eigenvalue weighted by Crippen LogP contribution is -2.26. The SMILES string of the molecule is CN(Cc1ccc(Cl)s1)C(=O)CCc1nc(-c2ccccc2)no1. The second-order valence-corrected chi connectivity index (χ2v) is 7.13. The minimum atomic E-state index is 0.0268. The highest BCUT2D eigenvalue weighted by Crippen LogP contribution is 2.22. The van der Waals surface area contributed by atoms with Gasteiger partial charge in [0, 0.05) is 30.3 Å². The van der Waals surface area contributed by atoms with Crippen LogP contribution >= 0.6 is 22.9 Å². The second kappa shape index (κ2) is 7.59. The number of hydrogen-bond donors (Lipinski definition) is 0. The van der Waals surface area contributed by atoms with Crippen molar-refractivity contribution in [3.05, 3.63) is 57.6 Å². The zero-order valence-electron chi connectivity index (χ0n) is 13.1. The quantitative estimate of drug-likeness (QED) is 0.664. The fourth-order valence-electron chi connectivity index (χ4n) is 2.22. The predicted molar refractivity (Wildman–Crippen MR) is 93.9 cm³/mol. The first-order valence-corrected chi connectivity index (χ1v) is 8.67. The highest BCUT2D eigenvalue weighted by Gasteiger charge is 2.14. The number of rotatable bonds is 6. The summed E-state index contributed by atoms with van der Waals surface area (Å²) < 4.78 is 5.95. The van der Waals surface area contributed by atoms with Crippen molar-refractivity contribution in [2.75, 3.05) is 7.05 Å². The number of aryl methyl sites for hydroxylation is 1. The Hall–Kier alpha value is -2.18. The molecule has 124 valence electrons. The minimum absolute atomic E-state index is 0.0268. The summed E-state index contributed by atoms with van der Waals surface area (Å²) in [4.78, 5) is 19.3. The molecule has 0 fully saturated rings. The van der Waals surface area contributed by atoms with Crippen LogP contribution in [0.25, 0.3) is 11.4 Å². The van der Waals surface area contributed by atoms with Gasteiger partial charge in [-0.25, -0.2) is 0 Å². The monoisotopic (exact) mass is 361 g/mol. The van der Waals surface area contributed by atoms with Gasteiger partial charge in [0.1, 0.15) is 0 Å². The summed E-state index contributed by atoms with van der Waals surface area (Å²) in [6.07, 6.45) is 0.750. The molecule has 2 aromatic heterocycles. The Labute approximate surface area is 148 Å². The van der Waals surface area contributed by atoms with Crippen LogP contribution in [0.2, 0.25) is 4.34 Å². The standard InChI is InChI=1S/C17H16ClN3O2S/c1-21(11-13-7-8-14(18)24-13)16(22)10-9-15-19-17(20-23-15)12-5-3-2-4-6-12/h2-8H,9-11H2,1H3. The summed E-state index contributed by atoms with van der Waals surface area (Å²) in [5.41, 5.74) is 0.894. The highest BCUT2D eigenvalue weighted by molar-refractivity contribution is 7.16. The summed E-state index contributed by atoms with van der Waals surface area (Å²) in [5.74, 6) is 1.04. The van der Waals surface area contributed by atoms with Gasteiger partial charge in [0.05, 0.1) is 10.9 Å². The minimum Gasteiger partial charge on any atom is -0.341 e. The first-order chi connectivity index (χ1) is 11.6. The average Bonchev–Trinajstić information content (AvgIpc) is 3.22. The van der Waals surface area contributed by atoms with Crippen molar-refractivity contribution in [2.45, 2.75) is 19.4 Å². The van der Waals surface area contributed by atoms with E-state index in [1.165, 1.54) is 11.3 Å². The Kier molecular flexibility index (Phi) is 5.27. The van der Waals surface area contributed by atoms with Gasteiger partial charge in [-0.15, -0.1) is 11.3 Å². The topological polar surface area (TPSA) is 59.2 Å². The normalized spacial score (nSPS) is 10.8. The first kappa shape index (κ1) is 16.7. The Morgan fingerprint density at radius 1 is 1.25 bits per heavy atom. The van der Waals surface area contributed by atoms with Crippen molar-refractivity contribution in [1.82, 2.24) is 15.0 Å². The number of amides is 1. The van der Waals surface area contributed by atoms with Gasteiger partial charge >= 0.3 is 0 Å². The predicted octanol–water partition coefficient (Wildman–Crippen LogP) is 4.04. The molecule has 0 saturated heterocycles. The first-order valence-electron chi connectivity index (χ1n) is 7.48. The molecule has 0 aliphatic heterocycles. The molecular formula is C17H16ClN3O2S. The van der Waals surface area contributed by atoms with Crippen molar-refractivity contribution in [3.8, 4) is 11.4 Å². The smallest absolute Gasteiger partial charge is 0.227 e. The largest absolute Gasteiger partial charge is 0.341 e. The maximum absolute atomic E-state index is 12.2. The van der Waals surface area contributed by atoms with Crippen LogP contribution in [-0.4, -0.2) is 28.0 Å². The number of nitrogens with zero attached hydrogens (tertiary/aromatic N) is 3. The number of carbonyl (C=O) groups excluding carboxylic acids is 1.